The van der Waals surface area contributed by atoms with Crippen LogP contribution in [0.3, 0.4) is 0 Å². The van der Waals surface area contributed by atoms with Crippen molar-refractivity contribution >= 4 is 16.7 Å². The molecule has 0 aromatic carbocycles. The summed E-state index contributed by atoms with van der Waals surface area (Å²) in [5.74, 6) is -0.0309. The molecule has 1 amide bonds. The van der Waals surface area contributed by atoms with Crippen molar-refractivity contribution in [3.63, 3.8) is 0 Å². The van der Waals surface area contributed by atoms with E-state index in [2.05, 4.69) is 10.6 Å². The first-order chi connectivity index (χ1) is 6.72. The summed E-state index contributed by atoms with van der Waals surface area (Å²) >= 11 is 0. The molecule has 15 heavy (non-hydrogen) atoms. The Balaban J connectivity index is 3.69. The van der Waals surface area contributed by atoms with Gasteiger partial charge in [0, 0.05) is 34.4 Å². The van der Waals surface area contributed by atoms with Gasteiger partial charge in [0.2, 0.25) is 5.91 Å². The first-order valence-corrected chi connectivity index (χ1v) is 6.68. The van der Waals surface area contributed by atoms with Gasteiger partial charge < -0.3 is 10.6 Å². The van der Waals surface area contributed by atoms with Gasteiger partial charge in [-0.2, -0.15) is 0 Å². The summed E-state index contributed by atoms with van der Waals surface area (Å²) in [5.41, 5.74) is -0.196. The van der Waals surface area contributed by atoms with Crippen molar-refractivity contribution in [1.29, 1.82) is 0 Å². The van der Waals surface area contributed by atoms with Gasteiger partial charge in [-0.15, -0.1) is 0 Å². The molecule has 2 N–H and O–H groups in total. The number of hydrogen-bond donors (Lipinski definition) is 2. The lowest BCUT2D eigenvalue weighted by Crippen LogP contribution is -2.45. The van der Waals surface area contributed by atoms with Crippen molar-refractivity contribution in [3.8, 4) is 0 Å². The summed E-state index contributed by atoms with van der Waals surface area (Å²) in [6, 6.07) is 0. The minimum Gasteiger partial charge on any atom is -0.350 e. The van der Waals surface area contributed by atoms with E-state index >= 15 is 0 Å². The molecule has 0 heterocycles. The zero-order chi connectivity index (χ0) is 12.1. The van der Waals surface area contributed by atoms with Crippen LogP contribution in [0.1, 0.15) is 27.7 Å². The fraction of sp³-hybridized carbons (Fsp3) is 0.900. The molecule has 0 fully saturated rings. The quantitative estimate of drug-likeness (QED) is 0.717. The molecule has 0 aromatic heterocycles. The molecule has 5 heteroatoms. The van der Waals surface area contributed by atoms with Crippen molar-refractivity contribution < 1.29 is 9.00 Å². The number of amides is 1. The molecule has 0 rings (SSSR count). The van der Waals surface area contributed by atoms with Crippen molar-refractivity contribution in [3.05, 3.63) is 0 Å². The molecule has 4 nitrogen and oxygen atoms in total. The second-order valence-electron chi connectivity index (χ2n) is 4.74. The molecule has 0 saturated carbocycles. The minimum atomic E-state index is -0.838. The van der Waals surface area contributed by atoms with Crippen LogP contribution in [0.25, 0.3) is 0 Å². The van der Waals surface area contributed by atoms with Gasteiger partial charge in [0.1, 0.15) is 0 Å². The average molecular weight is 234 g/mol. The molecule has 0 aliphatic rings. The standard InChI is InChI=1S/C10H22N2O2S/c1-8(15(5)14)6-11-7-9(13)12-10(2,3)4/h8,11H,6-7H2,1-5H3,(H,12,13). The molecule has 0 aromatic rings. The number of rotatable bonds is 5. The zero-order valence-electron chi connectivity index (χ0n) is 10.2. The topological polar surface area (TPSA) is 58.2 Å². The monoisotopic (exact) mass is 234 g/mol. The third-order valence-corrected chi connectivity index (χ3v) is 3.10. The Bertz CT molecular complexity index is 236. The van der Waals surface area contributed by atoms with Crippen molar-refractivity contribution in [2.75, 3.05) is 19.3 Å². The van der Waals surface area contributed by atoms with Gasteiger partial charge in [0.15, 0.2) is 0 Å². The summed E-state index contributed by atoms with van der Waals surface area (Å²) in [6.45, 7) is 8.59. The molecule has 0 spiro atoms. The largest absolute Gasteiger partial charge is 0.350 e. The second-order valence-corrected chi connectivity index (χ2v) is 6.54. The highest BCUT2D eigenvalue weighted by Gasteiger charge is 2.13. The smallest absolute Gasteiger partial charge is 0.234 e. The normalized spacial score (nSPS) is 15.8. The van der Waals surface area contributed by atoms with Crippen LogP contribution in [0.5, 0.6) is 0 Å². The first-order valence-electron chi connectivity index (χ1n) is 5.06. The van der Waals surface area contributed by atoms with E-state index in [4.69, 9.17) is 0 Å². The third kappa shape index (κ3) is 8.57. The Kier molecular flexibility index (Phi) is 6.05. The molecule has 2 atom stereocenters. The number of carbonyl (C=O) groups is 1. The number of hydrogen-bond acceptors (Lipinski definition) is 3. The first kappa shape index (κ1) is 14.6. The molecule has 2 unspecified atom stereocenters. The van der Waals surface area contributed by atoms with Gasteiger partial charge in [-0.3, -0.25) is 9.00 Å². The molecule has 0 saturated heterocycles. The Morgan fingerprint density at radius 2 is 1.93 bits per heavy atom. The molecular formula is C10H22N2O2S. The fourth-order valence-electron chi connectivity index (χ4n) is 0.969. The highest BCUT2D eigenvalue weighted by atomic mass is 32.2. The summed E-state index contributed by atoms with van der Waals surface area (Å²) in [4.78, 5) is 11.4. The predicted molar refractivity (Wildman–Crippen MR) is 64.3 cm³/mol. The van der Waals surface area contributed by atoms with Crippen LogP contribution >= 0.6 is 0 Å². The molecule has 0 aliphatic carbocycles. The lowest BCUT2D eigenvalue weighted by molar-refractivity contribution is -0.121. The van der Waals surface area contributed by atoms with Crippen molar-refractivity contribution in [1.82, 2.24) is 10.6 Å². The van der Waals surface area contributed by atoms with E-state index in [1.165, 1.54) is 0 Å². The zero-order valence-corrected chi connectivity index (χ0v) is 11.0. The van der Waals surface area contributed by atoms with Crippen LogP contribution in [-0.2, 0) is 15.6 Å². The van der Waals surface area contributed by atoms with Crippen molar-refractivity contribution in [2.45, 2.75) is 38.5 Å². The molecule has 90 valence electrons. The molecule has 0 aliphatic heterocycles. The maximum atomic E-state index is 11.4. The van der Waals surface area contributed by atoms with Gasteiger partial charge >= 0.3 is 0 Å². The second kappa shape index (κ2) is 6.23. The number of nitrogens with one attached hydrogen (secondary N) is 2. The SMILES string of the molecule is CC(CNCC(=O)NC(C)(C)C)S(C)=O. The Labute approximate surface area is 94.7 Å². The maximum Gasteiger partial charge on any atom is 0.234 e. The fourth-order valence-corrected chi connectivity index (χ4v) is 1.32. The van der Waals surface area contributed by atoms with E-state index in [1.807, 2.05) is 27.7 Å². The molecule has 0 bridgehead atoms. The Morgan fingerprint density at radius 3 is 2.33 bits per heavy atom. The van der Waals surface area contributed by atoms with Crippen LogP contribution < -0.4 is 10.6 Å². The molecule has 0 radical (unpaired) electrons. The summed E-state index contributed by atoms with van der Waals surface area (Å²) in [7, 11) is -0.838. The van der Waals surface area contributed by atoms with Crippen LogP contribution in [0.4, 0.5) is 0 Å². The summed E-state index contributed by atoms with van der Waals surface area (Å²) < 4.78 is 11.0. The highest BCUT2D eigenvalue weighted by Crippen LogP contribution is 1.97. The number of carbonyl (C=O) groups excluding carboxylic acids is 1. The van der Waals surface area contributed by atoms with Gasteiger partial charge in [-0.1, -0.05) is 0 Å². The maximum absolute atomic E-state index is 11.4. The van der Waals surface area contributed by atoms with E-state index in [1.54, 1.807) is 6.26 Å². The van der Waals surface area contributed by atoms with Crippen molar-refractivity contribution in [2.24, 2.45) is 0 Å². The summed E-state index contributed by atoms with van der Waals surface area (Å²) in [5, 5.41) is 5.90. The van der Waals surface area contributed by atoms with Gasteiger partial charge in [0.05, 0.1) is 6.54 Å². The summed E-state index contributed by atoms with van der Waals surface area (Å²) in [6.07, 6.45) is 1.67. The van der Waals surface area contributed by atoms with E-state index in [9.17, 15) is 9.00 Å². The van der Waals surface area contributed by atoms with Gasteiger partial charge in [-0.05, 0) is 27.7 Å². The Morgan fingerprint density at radius 1 is 1.40 bits per heavy atom. The van der Waals surface area contributed by atoms with Gasteiger partial charge in [-0.25, -0.2) is 0 Å². The van der Waals surface area contributed by atoms with E-state index < -0.39 is 10.8 Å². The third-order valence-electron chi connectivity index (χ3n) is 1.80. The minimum absolute atomic E-state index is 0.0309. The average Bonchev–Trinajstić information content (AvgIpc) is 2.00. The van der Waals surface area contributed by atoms with Crippen LogP contribution in [0.2, 0.25) is 0 Å². The highest BCUT2D eigenvalue weighted by molar-refractivity contribution is 7.84. The molecular weight excluding hydrogens is 212 g/mol. The van der Waals surface area contributed by atoms with E-state index in [0.717, 1.165) is 0 Å². The van der Waals surface area contributed by atoms with E-state index in [0.29, 0.717) is 6.54 Å². The Hall–Kier alpha value is -0.420. The van der Waals surface area contributed by atoms with Gasteiger partial charge in [0.25, 0.3) is 0 Å². The van der Waals surface area contributed by atoms with Crippen LogP contribution in [0, 0.1) is 0 Å². The lowest BCUT2D eigenvalue weighted by Gasteiger charge is -2.20. The predicted octanol–water partition coefficient (Wildman–Crippen LogP) is 0.258. The van der Waals surface area contributed by atoms with E-state index in [-0.39, 0.29) is 23.2 Å². The lowest BCUT2D eigenvalue weighted by atomic mass is 10.1. The van der Waals surface area contributed by atoms with Crippen LogP contribution in [-0.4, -0.2) is 40.3 Å². The van der Waals surface area contributed by atoms with Crippen LogP contribution in [0.15, 0.2) is 0 Å².